The highest BCUT2D eigenvalue weighted by Gasteiger charge is 2.41. The highest BCUT2D eigenvalue weighted by atomic mass is 32.2. The molecule has 4 rings (SSSR count). The number of benzene rings is 3. The second kappa shape index (κ2) is 10.6. The number of hydrogen-bond donors (Lipinski definition) is 2. The molecule has 10 heteroatoms. The molecule has 0 saturated heterocycles. The smallest absolute Gasteiger partial charge is 0.303 e. The number of methoxy groups -OCH3 is 1. The molecular weight excluding hydrogens is 494 g/mol. The lowest BCUT2D eigenvalue weighted by atomic mass is 9.86. The fourth-order valence-electron chi connectivity index (χ4n) is 4.48. The van der Waals surface area contributed by atoms with Gasteiger partial charge in [0.15, 0.2) is 11.5 Å². The molecule has 1 unspecified atom stereocenters. The van der Waals surface area contributed by atoms with E-state index in [0.717, 1.165) is 15.4 Å². The van der Waals surface area contributed by atoms with E-state index in [0.29, 0.717) is 11.1 Å². The Morgan fingerprint density at radius 1 is 1.00 bits per heavy atom. The second-order valence-corrected chi connectivity index (χ2v) is 10.8. The van der Waals surface area contributed by atoms with Crippen molar-refractivity contribution in [2.75, 3.05) is 21.2 Å². The van der Waals surface area contributed by atoms with Gasteiger partial charge in [-0.25, -0.2) is 4.72 Å². The van der Waals surface area contributed by atoms with Gasteiger partial charge in [0.1, 0.15) is 6.04 Å². The lowest BCUT2D eigenvalue weighted by Gasteiger charge is -2.38. The first-order valence-corrected chi connectivity index (χ1v) is 13.1. The Labute approximate surface area is 216 Å². The monoisotopic (exact) mass is 523 g/mol. The zero-order chi connectivity index (χ0) is 26.7. The van der Waals surface area contributed by atoms with Crippen molar-refractivity contribution in [2.24, 2.45) is 0 Å². The number of carbonyl (C=O) groups excluding carboxylic acids is 2. The summed E-state index contributed by atoms with van der Waals surface area (Å²) in [4.78, 5) is 29.0. The van der Waals surface area contributed by atoms with Gasteiger partial charge in [0.2, 0.25) is 5.91 Å². The van der Waals surface area contributed by atoms with E-state index in [4.69, 9.17) is 4.74 Å². The highest BCUT2D eigenvalue weighted by Crippen LogP contribution is 2.39. The molecule has 1 atom stereocenters. The number of phenols is 1. The summed E-state index contributed by atoms with van der Waals surface area (Å²) in [6.45, 7) is 0.00197. The number of phenolic OH excluding ortho intramolecular Hbond substituents is 1. The maximum absolute atomic E-state index is 14.2. The van der Waals surface area contributed by atoms with E-state index in [1.165, 1.54) is 26.1 Å². The normalized spacial score (nSPS) is 15.4. The van der Waals surface area contributed by atoms with Crippen LogP contribution in [0.1, 0.15) is 28.2 Å². The molecule has 194 valence electrons. The van der Waals surface area contributed by atoms with Crippen LogP contribution >= 0.6 is 0 Å². The molecule has 2 amide bonds. The van der Waals surface area contributed by atoms with E-state index in [1.54, 1.807) is 12.1 Å². The molecule has 1 heterocycles. The maximum Gasteiger partial charge on any atom is 0.303 e. The molecule has 0 fully saturated rings. The molecule has 0 bridgehead atoms. The lowest BCUT2D eigenvalue weighted by molar-refractivity contribution is -0.141. The number of nitrogens with one attached hydrogen (secondary N) is 1. The molecule has 3 aromatic carbocycles. The molecule has 0 aliphatic carbocycles. The van der Waals surface area contributed by atoms with Crippen molar-refractivity contribution in [3.05, 3.63) is 95.1 Å². The SMILES string of the molecule is COc1ccc2c(c1O)CC(C(=O)NS(=O)(=O)N(C)C)N(C(=O)C(c1ccccc1)c1ccccc1)C2. The zero-order valence-corrected chi connectivity index (χ0v) is 21.6. The summed E-state index contributed by atoms with van der Waals surface area (Å²) in [5, 5.41) is 10.8. The zero-order valence-electron chi connectivity index (χ0n) is 20.8. The van der Waals surface area contributed by atoms with Gasteiger partial charge < -0.3 is 14.7 Å². The molecule has 3 aromatic rings. The van der Waals surface area contributed by atoms with Crippen LogP contribution in [-0.2, 0) is 32.8 Å². The first kappa shape index (κ1) is 26.2. The Hall–Kier alpha value is -3.89. The van der Waals surface area contributed by atoms with Gasteiger partial charge in [-0.3, -0.25) is 9.59 Å². The van der Waals surface area contributed by atoms with Crippen molar-refractivity contribution in [2.45, 2.75) is 24.9 Å². The molecule has 2 N–H and O–H groups in total. The third-order valence-corrected chi connectivity index (χ3v) is 7.91. The molecule has 1 aliphatic rings. The van der Waals surface area contributed by atoms with E-state index in [1.807, 2.05) is 60.7 Å². The second-order valence-electron chi connectivity index (χ2n) is 8.95. The summed E-state index contributed by atoms with van der Waals surface area (Å²) >= 11 is 0. The first-order chi connectivity index (χ1) is 17.6. The summed E-state index contributed by atoms with van der Waals surface area (Å²) < 4.78 is 33.1. The maximum atomic E-state index is 14.2. The van der Waals surface area contributed by atoms with Crippen LogP contribution in [0.15, 0.2) is 72.8 Å². The lowest BCUT2D eigenvalue weighted by Crippen LogP contribution is -2.55. The molecule has 37 heavy (non-hydrogen) atoms. The van der Waals surface area contributed by atoms with E-state index >= 15 is 0 Å². The van der Waals surface area contributed by atoms with Crippen LogP contribution in [0.2, 0.25) is 0 Å². The molecule has 9 nitrogen and oxygen atoms in total. The Bertz CT molecular complexity index is 1350. The van der Waals surface area contributed by atoms with Crippen molar-refractivity contribution in [1.82, 2.24) is 13.9 Å². The number of hydrogen-bond acceptors (Lipinski definition) is 6. The standard InChI is InChI=1S/C27H29N3O6S/c1-29(2)37(34,35)28-26(32)22-16-21-20(14-15-23(36-3)25(21)31)17-30(22)27(33)24(18-10-6-4-7-11-18)19-12-8-5-9-13-19/h4-15,22,24,31H,16-17H2,1-3H3,(H,28,32). The average molecular weight is 524 g/mol. The number of fused-ring (bicyclic) bond motifs is 1. The van der Waals surface area contributed by atoms with Gasteiger partial charge >= 0.3 is 10.2 Å². The van der Waals surface area contributed by atoms with E-state index in [2.05, 4.69) is 4.72 Å². The minimum absolute atomic E-state index is 0.00197. The Morgan fingerprint density at radius 3 is 2.08 bits per heavy atom. The Morgan fingerprint density at radius 2 is 1.57 bits per heavy atom. The minimum atomic E-state index is -4.11. The van der Waals surface area contributed by atoms with Gasteiger partial charge in [-0.1, -0.05) is 66.7 Å². The molecule has 0 spiro atoms. The summed E-state index contributed by atoms with van der Waals surface area (Å²) in [6.07, 6.45) is -0.0881. The molecule has 0 aromatic heterocycles. The third-order valence-electron chi connectivity index (χ3n) is 6.49. The quantitative estimate of drug-likeness (QED) is 0.491. The topological polar surface area (TPSA) is 116 Å². The number of nitrogens with zero attached hydrogens (tertiary/aromatic N) is 2. The van der Waals surface area contributed by atoms with Gasteiger partial charge in [-0.05, 0) is 22.8 Å². The van der Waals surface area contributed by atoms with Gasteiger partial charge in [0.05, 0.1) is 13.0 Å². The van der Waals surface area contributed by atoms with Gasteiger partial charge in [-0.2, -0.15) is 12.7 Å². The van der Waals surface area contributed by atoms with Crippen molar-refractivity contribution in [3.63, 3.8) is 0 Å². The van der Waals surface area contributed by atoms with Crippen LogP contribution < -0.4 is 9.46 Å². The van der Waals surface area contributed by atoms with Crippen molar-refractivity contribution < 1.29 is 27.9 Å². The molecule has 0 saturated carbocycles. The van der Waals surface area contributed by atoms with Crippen LogP contribution in [0.25, 0.3) is 0 Å². The van der Waals surface area contributed by atoms with E-state index in [9.17, 15) is 23.1 Å². The first-order valence-electron chi connectivity index (χ1n) is 11.7. The van der Waals surface area contributed by atoms with E-state index in [-0.39, 0.29) is 30.4 Å². The minimum Gasteiger partial charge on any atom is -0.504 e. The number of aromatic hydroxyl groups is 1. The summed E-state index contributed by atoms with van der Waals surface area (Å²) in [5.41, 5.74) is 2.55. The van der Waals surface area contributed by atoms with Crippen molar-refractivity contribution >= 4 is 22.0 Å². The van der Waals surface area contributed by atoms with Crippen molar-refractivity contribution in [1.29, 1.82) is 0 Å². The van der Waals surface area contributed by atoms with Crippen LogP contribution in [0.3, 0.4) is 0 Å². The van der Waals surface area contributed by atoms with Gasteiger partial charge in [0, 0.05) is 32.6 Å². The number of rotatable bonds is 7. The fourth-order valence-corrected chi connectivity index (χ4v) is 5.05. The predicted octanol–water partition coefficient (Wildman–Crippen LogP) is 2.41. The van der Waals surface area contributed by atoms with Gasteiger partial charge in [-0.15, -0.1) is 0 Å². The number of carbonyl (C=O) groups is 2. The predicted molar refractivity (Wildman–Crippen MR) is 138 cm³/mol. The van der Waals surface area contributed by atoms with Gasteiger partial charge in [0.25, 0.3) is 5.91 Å². The summed E-state index contributed by atoms with van der Waals surface area (Å²) in [6, 6.07) is 20.6. The van der Waals surface area contributed by atoms with Crippen LogP contribution in [0.4, 0.5) is 0 Å². The Kier molecular flexibility index (Phi) is 7.51. The van der Waals surface area contributed by atoms with Crippen LogP contribution in [0, 0.1) is 0 Å². The average Bonchev–Trinajstić information content (AvgIpc) is 2.89. The Balaban J connectivity index is 1.81. The van der Waals surface area contributed by atoms with Crippen molar-refractivity contribution in [3.8, 4) is 11.5 Å². The summed E-state index contributed by atoms with van der Waals surface area (Å²) in [5.74, 6) is -1.86. The largest absolute Gasteiger partial charge is 0.504 e. The van der Waals surface area contributed by atoms with E-state index < -0.39 is 28.1 Å². The molecule has 0 radical (unpaired) electrons. The fraction of sp³-hybridized carbons (Fsp3) is 0.259. The molecular formula is C27H29N3O6S. The third kappa shape index (κ3) is 5.30. The number of ether oxygens (including phenoxy) is 1. The van der Waals surface area contributed by atoms with Crippen LogP contribution in [0.5, 0.6) is 11.5 Å². The number of amides is 2. The highest BCUT2D eigenvalue weighted by molar-refractivity contribution is 7.87. The summed E-state index contributed by atoms with van der Waals surface area (Å²) in [7, 11) is -0.101. The van der Waals surface area contributed by atoms with Crippen LogP contribution in [-0.4, -0.2) is 61.8 Å². The molecule has 1 aliphatic heterocycles.